The number of benzene rings is 2. The molecule has 2 aromatic carbocycles. The van der Waals surface area contributed by atoms with Crippen molar-refractivity contribution in [2.45, 2.75) is 59.7 Å². The number of aromatic amines is 1. The van der Waals surface area contributed by atoms with E-state index in [1.54, 1.807) is 41.4 Å². The molecule has 0 bridgehead atoms. The van der Waals surface area contributed by atoms with Crippen molar-refractivity contribution in [1.82, 2.24) is 14.9 Å². The lowest BCUT2D eigenvalue weighted by atomic mass is 9.93. The second-order valence-electron chi connectivity index (χ2n) is 10.5. The number of nitrogens with zero attached hydrogens (tertiary/aromatic N) is 2. The van der Waals surface area contributed by atoms with Gasteiger partial charge in [-0.05, 0) is 100 Å². The Bertz CT molecular complexity index is 1560. The van der Waals surface area contributed by atoms with Crippen molar-refractivity contribution in [3.05, 3.63) is 112 Å². The van der Waals surface area contributed by atoms with E-state index in [1.165, 1.54) is 21.1 Å². The fraction of sp³-hybridized carbons (Fsp3) is 0.314. The predicted molar refractivity (Wildman–Crippen MR) is 180 cm³/mol. The minimum Gasteiger partial charge on any atom is -0.496 e. The van der Waals surface area contributed by atoms with Gasteiger partial charge >= 0.3 is 0 Å². The number of rotatable bonds is 13. The summed E-state index contributed by atoms with van der Waals surface area (Å²) in [5, 5.41) is 0. The van der Waals surface area contributed by atoms with Gasteiger partial charge in [-0.25, -0.2) is 4.98 Å². The molecule has 0 aliphatic carbocycles. The van der Waals surface area contributed by atoms with Gasteiger partial charge in [0, 0.05) is 12.1 Å². The number of nitrogens with one attached hydrogen (secondary N) is 1. The molecule has 0 aliphatic heterocycles. The number of amides is 2. The van der Waals surface area contributed by atoms with E-state index < -0.39 is 18.0 Å². The second-order valence-corrected chi connectivity index (χ2v) is 10.5. The zero-order valence-electron chi connectivity index (χ0n) is 27.3. The summed E-state index contributed by atoms with van der Waals surface area (Å²) in [7, 11) is 3.01. The highest BCUT2D eigenvalue weighted by molar-refractivity contribution is 5.97. The van der Waals surface area contributed by atoms with Crippen molar-refractivity contribution < 1.29 is 19.1 Å². The van der Waals surface area contributed by atoms with Crippen molar-refractivity contribution >= 4 is 23.2 Å². The first-order valence-electron chi connectivity index (χ1n) is 14.6. The first-order valence-corrected chi connectivity index (χ1v) is 14.6. The minimum absolute atomic E-state index is 0.145. The number of H-pyrrole nitrogens is 1. The van der Waals surface area contributed by atoms with Crippen LogP contribution in [0.1, 0.15) is 81.3 Å². The van der Waals surface area contributed by atoms with E-state index in [4.69, 9.17) is 16.2 Å². The van der Waals surface area contributed by atoms with Crippen LogP contribution in [0, 0.1) is 13.8 Å². The third-order valence-electron chi connectivity index (χ3n) is 7.41. The summed E-state index contributed by atoms with van der Waals surface area (Å²) in [6.07, 6.45) is 9.41. The molecule has 0 saturated carbocycles. The van der Waals surface area contributed by atoms with Gasteiger partial charge in [-0.15, -0.1) is 0 Å². The maximum absolute atomic E-state index is 14.1. The lowest BCUT2D eigenvalue weighted by molar-refractivity contribution is -0.135. The van der Waals surface area contributed by atoms with Crippen LogP contribution in [0.25, 0.3) is 5.57 Å². The summed E-state index contributed by atoms with van der Waals surface area (Å²) in [5.41, 5.74) is 22.4. The van der Waals surface area contributed by atoms with Gasteiger partial charge in [0.05, 0.1) is 36.6 Å². The molecule has 0 saturated heterocycles. The number of hydrogen-bond acceptors (Lipinski definition) is 7. The third kappa shape index (κ3) is 9.10. The van der Waals surface area contributed by atoms with Crippen LogP contribution in [0.3, 0.4) is 0 Å². The number of allylic oxidation sites excluding steroid dienone is 5. The molecule has 3 rings (SSSR count). The number of methoxy groups -OCH3 is 1. The van der Waals surface area contributed by atoms with Crippen LogP contribution in [0.15, 0.2) is 67.4 Å². The molecule has 0 radical (unpaired) electrons. The van der Waals surface area contributed by atoms with Crippen LogP contribution in [0.4, 0.5) is 0 Å². The smallest absolute Gasteiger partial charge is 0.248 e. The van der Waals surface area contributed by atoms with Crippen LogP contribution in [-0.4, -0.2) is 52.7 Å². The topological polar surface area (TPSA) is 170 Å². The van der Waals surface area contributed by atoms with E-state index in [0.29, 0.717) is 22.7 Å². The van der Waals surface area contributed by atoms with Crippen LogP contribution in [-0.2, 0) is 17.8 Å². The molecule has 1 aromatic heterocycles. The van der Waals surface area contributed by atoms with Crippen molar-refractivity contribution in [2.75, 3.05) is 14.2 Å². The fourth-order valence-corrected chi connectivity index (χ4v) is 5.09. The number of carbonyl (C=O) groups is 3. The molecule has 0 spiro atoms. The number of aryl methyl sites for hydroxylation is 2. The van der Waals surface area contributed by atoms with Crippen molar-refractivity contribution in [3.8, 4) is 5.75 Å². The molecular formula is C35H46N6O4. The number of primary amides is 1. The number of imidazole rings is 1. The van der Waals surface area contributed by atoms with Gasteiger partial charge in [0.2, 0.25) is 11.8 Å². The SMILES string of the molecule is C=C/C=C(\C=C/C)c1cnc(C(C)N(Cc2ccc(OC)c(C(C)=O)c2)C(=O)C(N)Cc2c(C)cc(C(N)=O)cc2C)[nH]1.CN. The number of ether oxygens (including phenoxy) is 1. The number of aromatic nitrogens is 2. The Morgan fingerprint density at radius 3 is 2.31 bits per heavy atom. The Balaban J connectivity index is 0.00000345. The number of ketones is 1. The summed E-state index contributed by atoms with van der Waals surface area (Å²) in [4.78, 5) is 47.8. The molecule has 2 amide bonds. The van der Waals surface area contributed by atoms with Crippen LogP contribution in [0.2, 0.25) is 0 Å². The molecular weight excluding hydrogens is 568 g/mol. The third-order valence-corrected chi connectivity index (χ3v) is 7.41. The molecule has 0 aliphatic rings. The van der Waals surface area contributed by atoms with Gasteiger partial charge in [0.25, 0.3) is 0 Å². The lowest BCUT2D eigenvalue weighted by Gasteiger charge is -2.31. The highest BCUT2D eigenvalue weighted by Crippen LogP contribution is 2.27. The first kappa shape index (κ1) is 36.4. The van der Waals surface area contributed by atoms with E-state index in [-0.39, 0.29) is 24.7 Å². The molecule has 10 heteroatoms. The second kappa shape index (κ2) is 16.9. The van der Waals surface area contributed by atoms with Gasteiger partial charge in [0.1, 0.15) is 11.6 Å². The molecule has 3 aromatic rings. The molecule has 240 valence electrons. The lowest BCUT2D eigenvalue weighted by Crippen LogP contribution is -2.46. The molecule has 2 atom stereocenters. The Labute approximate surface area is 266 Å². The standard InChI is InChI=1S/C34H41N5O4.CH5N/c1-8-10-25(11-9-2)30-18-37-33(38-30)22(5)39(19-24-12-13-31(43-7)28(16-24)23(6)40)34(42)29(35)17-27-20(3)14-26(32(36)41)15-21(27)4;1-2/h8-16,18,22,29H,1,17,19,35H2,2-7H3,(H2,36,41)(H,37,38);2H2,1H3/b11-9-,25-10+;. The van der Waals surface area contributed by atoms with Gasteiger partial charge < -0.3 is 31.8 Å². The van der Waals surface area contributed by atoms with E-state index in [2.05, 4.69) is 22.3 Å². The Hall–Kier alpha value is -4.80. The van der Waals surface area contributed by atoms with Crippen molar-refractivity contribution in [1.29, 1.82) is 0 Å². The molecule has 10 nitrogen and oxygen atoms in total. The largest absolute Gasteiger partial charge is 0.496 e. The van der Waals surface area contributed by atoms with Crippen molar-refractivity contribution in [3.63, 3.8) is 0 Å². The quantitative estimate of drug-likeness (QED) is 0.159. The fourth-order valence-electron chi connectivity index (χ4n) is 5.09. The Morgan fingerprint density at radius 1 is 1.13 bits per heavy atom. The summed E-state index contributed by atoms with van der Waals surface area (Å²) in [6.45, 7) is 13.0. The maximum Gasteiger partial charge on any atom is 0.248 e. The average Bonchev–Trinajstić information content (AvgIpc) is 3.52. The van der Waals surface area contributed by atoms with Crippen LogP contribution < -0.4 is 21.9 Å². The highest BCUT2D eigenvalue weighted by atomic mass is 16.5. The first-order chi connectivity index (χ1) is 21.4. The predicted octanol–water partition coefficient (Wildman–Crippen LogP) is 4.72. The molecule has 1 heterocycles. The van der Waals surface area contributed by atoms with Crippen LogP contribution >= 0.6 is 0 Å². The summed E-state index contributed by atoms with van der Waals surface area (Å²) < 4.78 is 5.36. The number of nitrogens with two attached hydrogens (primary N) is 3. The monoisotopic (exact) mass is 614 g/mol. The van der Waals surface area contributed by atoms with E-state index in [1.807, 2.05) is 52.0 Å². The maximum atomic E-state index is 14.1. The summed E-state index contributed by atoms with van der Waals surface area (Å²) in [6, 6.07) is 7.33. The van der Waals surface area contributed by atoms with Gasteiger partial charge in [-0.3, -0.25) is 14.4 Å². The Morgan fingerprint density at radius 2 is 1.78 bits per heavy atom. The molecule has 2 unspecified atom stereocenters. The van der Waals surface area contributed by atoms with Gasteiger partial charge in [-0.2, -0.15) is 0 Å². The average molecular weight is 615 g/mol. The van der Waals surface area contributed by atoms with Crippen molar-refractivity contribution in [2.24, 2.45) is 17.2 Å². The zero-order chi connectivity index (χ0) is 33.8. The van der Waals surface area contributed by atoms with E-state index in [0.717, 1.165) is 33.5 Å². The molecule has 0 fully saturated rings. The minimum atomic E-state index is -0.890. The van der Waals surface area contributed by atoms with E-state index >= 15 is 0 Å². The normalized spacial score (nSPS) is 12.6. The number of hydrogen-bond donors (Lipinski definition) is 4. The zero-order valence-corrected chi connectivity index (χ0v) is 27.3. The summed E-state index contributed by atoms with van der Waals surface area (Å²) in [5.74, 6) is 0.0893. The number of Topliss-reactive ketones (excluding diaryl/α,β-unsaturated/α-hetero) is 1. The molecule has 7 N–H and O–H groups in total. The summed E-state index contributed by atoms with van der Waals surface area (Å²) >= 11 is 0. The van der Waals surface area contributed by atoms with Gasteiger partial charge in [0.15, 0.2) is 5.78 Å². The van der Waals surface area contributed by atoms with Gasteiger partial charge in [-0.1, -0.05) is 36.9 Å². The highest BCUT2D eigenvalue weighted by Gasteiger charge is 2.29. The molecule has 45 heavy (non-hydrogen) atoms. The Kier molecular flexibility index (Phi) is 13.7. The van der Waals surface area contributed by atoms with E-state index in [9.17, 15) is 14.4 Å². The van der Waals surface area contributed by atoms with Crippen LogP contribution in [0.5, 0.6) is 5.75 Å². The number of carbonyl (C=O) groups excluding carboxylic acids is 3.